The summed E-state index contributed by atoms with van der Waals surface area (Å²) in [5.41, 5.74) is 8.11. The average Bonchev–Trinajstić information content (AvgIpc) is 3.32. The van der Waals surface area contributed by atoms with Gasteiger partial charge in [0.25, 0.3) is 0 Å². The summed E-state index contributed by atoms with van der Waals surface area (Å²) in [6.07, 6.45) is 5.80. The molecule has 3 aromatic carbocycles. The predicted octanol–water partition coefficient (Wildman–Crippen LogP) is 7.90. The molecule has 4 heterocycles. The number of anilines is 1. The molecule has 0 radical (unpaired) electrons. The standard InChI is InChI=1S/C31H29ClN4S/c32-24-15-17-25(18-16-24)37-31-29(23-10-2-1-3-11-23)26-13-6-7-20-35-28(33-36(31)30(26)35)21-34-19-8-12-22-9-4-5-14-27(22)34/h1-5,9-11,14-18H,6-8,12-13,19-21H2. The molecule has 2 aliphatic rings. The average molecular weight is 525 g/mol. The molecule has 0 unspecified atom stereocenters. The zero-order chi connectivity index (χ0) is 24.8. The zero-order valence-electron chi connectivity index (χ0n) is 20.7. The minimum atomic E-state index is 0.761. The van der Waals surface area contributed by atoms with E-state index >= 15 is 0 Å². The lowest BCUT2D eigenvalue weighted by atomic mass is 10.0. The number of fused-ring (bicyclic) bond motifs is 1. The van der Waals surface area contributed by atoms with Gasteiger partial charge in [-0.1, -0.05) is 71.9 Å². The number of nitrogens with zero attached hydrogens (tertiary/aromatic N) is 4. The molecule has 0 bridgehead atoms. The van der Waals surface area contributed by atoms with Crippen LogP contribution in [-0.2, 0) is 25.9 Å². The maximum absolute atomic E-state index is 6.21. The van der Waals surface area contributed by atoms with Crippen LogP contribution in [0.5, 0.6) is 0 Å². The van der Waals surface area contributed by atoms with E-state index in [1.165, 1.54) is 62.8 Å². The molecule has 0 N–H and O–H groups in total. The van der Waals surface area contributed by atoms with Gasteiger partial charge >= 0.3 is 0 Å². The van der Waals surface area contributed by atoms with E-state index in [9.17, 15) is 0 Å². The number of halogens is 1. The van der Waals surface area contributed by atoms with Gasteiger partial charge in [0.2, 0.25) is 0 Å². The van der Waals surface area contributed by atoms with E-state index in [1.54, 1.807) is 11.8 Å². The van der Waals surface area contributed by atoms with E-state index in [-0.39, 0.29) is 0 Å². The predicted molar refractivity (Wildman–Crippen MR) is 153 cm³/mol. The first-order valence-electron chi connectivity index (χ1n) is 13.2. The number of benzene rings is 3. The van der Waals surface area contributed by atoms with Gasteiger partial charge in [-0.3, -0.25) is 0 Å². The van der Waals surface area contributed by atoms with Gasteiger partial charge < -0.3 is 9.47 Å². The second-order valence-corrected chi connectivity index (χ2v) is 11.5. The first-order valence-corrected chi connectivity index (χ1v) is 14.4. The third kappa shape index (κ3) is 4.14. The number of para-hydroxylation sites is 1. The van der Waals surface area contributed by atoms with Crippen LogP contribution in [0.15, 0.2) is 88.8 Å². The highest BCUT2D eigenvalue weighted by molar-refractivity contribution is 7.99. The van der Waals surface area contributed by atoms with Crippen LogP contribution in [-0.4, -0.2) is 20.7 Å². The molecule has 37 heavy (non-hydrogen) atoms. The highest BCUT2D eigenvalue weighted by Gasteiger charge is 2.29. The maximum atomic E-state index is 6.21. The van der Waals surface area contributed by atoms with Crippen molar-refractivity contribution in [2.45, 2.75) is 55.1 Å². The van der Waals surface area contributed by atoms with Crippen LogP contribution in [0.2, 0.25) is 5.02 Å². The summed E-state index contributed by atoms with van der Waals surface area (Å²) in [7, 11) is 0. The fourth-order valence-corrected chi connectivity index (χ4v) is 7.13. The number of hydrogen-bond donors (Lipinski definition) is 0. The molecule has 0 spiro atoms. The number of rotatable bonds is 5. The first kappa shape index (κ1) is 23.0. The van der Waals surface area contributed by atoms with Crippen molar-refractivity contribution in [1.29, 1.82) is 0 Å². The lowest BCUT2D eigenvalue weighted by molar-refractivity contribution is 0.594. The molecule has 0 saturated carbocycles. The molecular weight excluding hydrogens is 496 g/mol. The summed E-state index contributed by atoms with van der Waals surface area (Å²) < 4.78 is 4.76. The molecular formula is C31H29ClN4S. The van der Waals surface area contributed by atoms with Crippen molar-refractivity contribution in [2.75, 3.05) is 11.4 Å². The van der Waals surface area contributed by atoms with Gasteiger partial charge in [0.05, 0.1) is 6.54 Å². The molecule has 0 atom stereocenters. The summed E-state index contributed by atoms with van der Waals surface area (Å²) in [5, 5.41) is 7.30. The molecule has 0 fully saturated rings. The minimum Gasteiger partial charge on any atom is -0.364 e. The molecule has 4 nitrogen and oxygen atoms in total. The van der Waals surface area contributed by atoms with Crippen LogP contribution in [0.4, 0.5) is 5.69 Å². The smallest absolute Gasteiger partial charge is 0.151 e. The number of aryl methyl sites for hydroxylation is 3. The molecule has 2 aromatic heterocycles. The third-order valence-electron chi connectivity index (χ3n) is 7.65. The number of aromatic nitrogens is 3. The highest BCUT2D eigenvalue weighted by atomic mass is 35.5. The highest BCUT2D eigenvalue weighted by Crippen LogP contribution is 2.44. The van der Waals surface area contributed by atoms with Crippen molar-refractivity contribution >= 4 is 34.7 Å². The Kier molecular flexibility index (Phi) is 5.98. The van der Waals surface area contributed by atoms with Crippen LogP contribution in [0, 0.1) is 0 Å². The van der Waals surface area contributed by atoms with Crippen LogP contribution in [0.1, 0.15) is 36.2 Å². The Hall–Kier alpha value is -3.15. The summed E-state index contributed by atoms with van der Waals surface area (Å²) >= 11 is 8.00. The normalized spacial score (nSPS) is 15.1. The molecule has 7 rings (SSSR count). The van der Waals surface area contributed by atoms with E-state index in [0.29, 0.717) is 0 Å². The van der Waals surface area contributed by atoms with Crippen molar-refractivity contribution in [3.05, 3.63) is 101 Å². The van der Waals surface area contributed by atoms with Crippen molar-refractivity contribution in [1.82, 2.24) is 14.2 Å². The Morgan fingerprint density at radius 2 is 1.62 bits per heavy atom. The van der Waals surface area contributed by atoms with Gasteiger partial charge in [0.1, 0.15) is 10.7 Å². The molecule has 0 saturated heterocycles. The summed E-state index contributed by atoms with van der Waals surface area (Å²) in [6, 6.07) is 27.9. The third-order valence-corrected chi connectivity index (χ3v) is 8.98. The minimum absolute atomic E-state index is 0.761. The summed E-state index contributed by atoms with van der Waals surface area (Å²) in [5.74, 6) is 1.16. The van der Waals surface area contributed by atoms with E-state index in [1.807, 2.05) is 12.1 Å². The van der Waals surface area contributed by atoms with Gasteiger partial charge in [-0.2, -0.15) is 5.10 Å². The second kappa shape index (κ2) is 9.62. The van der Waals surface area contributed by atoms with Crippen LogP contribution in [0.3, 0.4) is 0 Å². The SMILES string of the molecule is Clc1ccc(Sc2c(-c3ccccc3)c3c4n(c(CN5CCCc6ccccc65)nn24)CCCC3)cc1. The molecule has 5 aromatic rings. The van der Waals surface area contributed by atoms with Crippen LogP contribution in [0.25, 0.3) is 16.8 Å². The fraction of sp³-hybridized carbons (Fsp3) is 0.258. The largest absolute Gasteiger partial charge is 0.364 e. The van der Waals surface area contributed by atoms with Crippen molar-refractivity contribution in [2.24, 2.45) is 0 Å². The van der Waals surface area contributed by atoms with Crippen molar-refractivity contribution < 1.29 is 0 Å². The van der Waals surface area contributed by atoms with Crippen LogP contribution >= 0.6 is 23.4 Å². The van der Waals surface area contributed by atoms with Gasteiger partial charge in [0.15, 0.2) is 5.82 Å². The maximum Gasteiger partial charge on any atom is 0.151 e. The van der Waals surface area contributed by atoms with E-state index < -0.39 is 0 Å². The molecule has 6 heteroatoms. The van der Waals surface area contributed by atoms with Gasteiger partial charge in [-0.25, -0.2) is 4.52 Å². The van der Waals surface area contributed by atoms with Crippen molar-refractivity contribution in [3.8, 4) is 11.1 Å². The fourth-order valence-electron chi connectivity index (χ4n) is 5.95. The molecule has 0 aliphatic carbocycles. The van der Waals surface area contributed by atoms with E-state index in [4.69, 9.17) is 16.7 Å². The molecule has 0 amide bonds. The Morgan fingerprint density at radius 3 is 2.49 bits per heavy atom. The topological polar surface area (TPSA) is 25.5 Å². The zero-order valence-corrected chi connectivity index (χ0v) is 22.3. The lowest BCUT2D eigenvalue weighted by Crippen LogP contribution is -2.30. The van der Waals surface area contributed by atoms with Gasteiger partial charge in [-0.05, 0) is 73.6 Å². The Labute approximate surface area is 226 Å². The van der Waals surface area contributed by atoms with Crippen molar-refractivity contribution in [3.63, 3.8) is 0 Å². The Bertz CT molecular complexity index is 1570. The lowest BCUT2D eigenvalue weighted by Gasteiger charge is -2.31. The second-order valence-electron chi connectivity index (χ2n) is 9.99. The van der Waals surface area contributed by atoms with E-state index in [0.717, 1.165) is 43.3 Å². The van der Waals surface area contributed by atoms with Crippen LogP contribution < -0.4 is 4.90 Å². The number of hydrogen-bond acceptors (Lipinski definition) is 3. The molecule has 2 aliphatic heterocycles. The van der Waals surface area contributed by atoms with Gasteiger partial charge in [0, 0.05) is 39.8 Å². The first-order chi connectivity index (χ1) is 18.3. The Morgan fingerprint density at radius 1 is 0.811 bits per heavy atom. The summed E-state index contributed by atoms with van der Waals surface area (Å²) in [6.45, 7) is 2.93. The Balaban J connectivity index is 1.39. The summed E-state index contributed by atoms with van der Waals surface area (Å²) in [4.78, 5) is 3.70. The quantitative estimate of drug-likeness (QED) is 0.234. The van der Waals surface area contributed by atoms with E-state index in [2.05, 4.69) is 80.7 Å². The van der Waals surface area contributed by atoms with Gasteiger partial charge in [-0.15, -0.1) is 0 Å². The monoisotopic (exact) mass is 524 g/mol. The molecule has 186 valence electrons.